The smallest absolute Gasteiger partial charge is 0.169 e. The molecule has 1 N–H and O–H groups in total. The molecule has 2 rings (SSSR count). The van der Waals surface area contributed by atoms with Gasteiger partial charge in [-0.3, -0.25) is 0 Å². The Labute approximate surface area is 78.2 Å². The summed E-state index contributed by atoms with van der Waals surface area (Å²) in [6.07, 6.45) is 0. The van der Waals surface area contributed by atoms with Crippen molar-refractivity contribution in [2.45, 2.75) is 0 Å². The van der Waals surface area contributed by atoms with Gasteiger partial charge in [0.05, 0.1) is 12.5 Å². The highest BCUT2D eigenvalue weighted by atomic mass is 32.1. The summed E-state index contributed by atoms with van der Waals surface area (Å²) >= 11 is 1.26. The predicted octanol–water partition coefficient (Wildman–Crippen LogP) is 2.75. The van der Waals surface area contributed by atoms with E-state index in [2.05, 4.69) is 0 Å². The van der Waals surface area contributed by atoms with Gasteiger partial charge < -0.3 is 9.84 Å². The predicted molar refractivity (Wildman–Crippen MR) is 50.0 cm³/mol. The number of fused-ring (bicyclic) bond motifs is 1. The van der Waals surface area contributed by atoms with Crippen LogP contribution in [-0.2, 0) is 0 Å². The average molecular weight is 198 g/mol. The molecule has 0 saturated carbocycles. The Kier molecular flexibility index (Phi) is 1.84. The summed E-state index contributed by atoms with van der Waals surface area (Å²) in [7, 11) is 1.44. The highest BCUT2D eigenvalue weighted by molar-refractivity contribution is 7.17. The first kappa shape index (κ1) is 8.31. The van der Waals surface area contributed by atoms with Crippen LogP contribution in [0.1, 0.15) is 0 Å². The molecule has 0 fully saturated rings. The van der Waals surface area contributed by atoms with Crippen molar-refractivity contribution in [1.82, 2.24) is 0 Å². The minimum atomic E-state index is -0.406. The maximum absolute atomic E-state index is 13.1. The number of benzene rings is 1. The number of hydrogen-bond acceptors (Lipinski definition) is 3. The number of thiophene rings is 1. The first-order valence-corrected chi connectivity index (χ1v) is 4.54. The van der Waals surface area contributed by atoms with Crippen LogP contribution in [0, 0.1) is 5.82 Å². The monoisotopic (exact) mass is 198 g/mol. The van der Waals surface area contributed by atoms with Gasteiger partial charge in [-0.1, -0.05) is 0 Å². The standard InChI is InChI=1S/C9H7FO2S/c1-12-6-2-3-7-8(9(6)11)5(10)4-13-7/h2-4,11H,1H3. The normalized spacial score (nSPS) is 10.6. The van der Waals surface area contributed by atoms with Gasteiger partial charge >= 0.3 is 0 Å². The molecule has 0 saturated heterocycles. The highest BCUT2D eigenvalue weighted by Gasteiger charge is 2.12. The molecule has 68 valence electrons. The maximum atomic E-state index is 13.1. The molecule has 4 heteroatoms. The average Bonchev–Trinajstić information content (AvgIpc) is 2.49. The van der Waals surface area contributed by atoms with Crippen molar-refractivity contribution >= 4 is 21.4 Å². The van der Waals surface area contributed by atoms with Crippen LogP contribution < -0.4 is 4.74 Å². The molecule has 0 aliphatic heterocycles. The van der Waals surface area contributed by atoms with Crippen molar-refractivity contribution in [1.29, 1.82) is 0 Å². The van der Waals surface area contributed by atoms with Gasteiger partial charge in [-0.25, -0.2) is 4.39 Å². The summed E-state index contributed by atoms with van der Waals surface area (Å²) in [6.45, 7) is 0. The number of hydrogen-bond donors (Lipinski definition) is 1. The van der Waals surface area contributed by atoms with Gasteiger partial charge in [-0.15, -0.1) is 11.3 Å². The topological polar surface area (TPSA) is 29.5 Å². The number of halogens is 1. The van der Waals surface area contributed by atoms with E-state index in [4.69, 9.17) is 4.74 Å². The van der Waals surface area contributed by atoms with Crippen LogP contribution in [0.25, 0.3) is 10.1 Å². The Morgan fingerprint density at radius 1 is 1.46 bits per heavy atom. The van der Waals surface area contributed by atoms with Crippen LogP contribution in [0.4, 0.5) is 4.39 Å². The van der Waals surface area contributed by atoms with E-state index in [0.717, 1.165) is 4.70 Å². The number of methoxy groups -OCH3 is 1. The summed E-state index contributed by atoms with van der Waals surface area (Å²) in [5.41, 5.74) is 0. The molecule has 2 aromatic rings. The van der Waals surface area contributed by atoms with E-state index in [9.17, 15) is 9.50 Å². The van der Waals surface area contributed by atoms with Gasteiger partial charge in [0.1, 0.15) is 5.82 Å². The Bertz CT molecular complexity index is 450. The SMILES string of the molecule is COc1ccc2scc(F)c2c1O. The Morgan fingerprint density at radius 3 is 2.92 bits per heavy atom. The molecule has 0 unspecified atom stereocenters. The van der Waals surface area contributed by atoms with Gasteiger partial charge in [0.15, 0.2) is 11.5 Å². The molecule has 0 atom stereocenters. The number of aromatic hydroxyl groups is 1. The van der Waals surface area contributed by atoms with Gasteiger partial charge in [0.25, 0.3) is 0 Å². The summed E-state index contributed by atoms with van der Waals surface area (Å²) in [5.74, 6) is -0.236. The first-order chi connectivity index (χ1) is 6.24. The first-order valence-electron chi connectivity index (χ1n) is 3.66. The number of ether oxygens (including phenoxy) is 1. The van der Waals surface area contributed by atoms with E-state index in [-0.39, 0.29) is 11.1 Å². The highest BCUT2D eigenvalue weighted by Crippen LogP contribution is 2.38. The molecule has 1 aromatic heterocycles. The zero-order valence-electron chi connectivity index (χ0n) is 6.87. The lowest BCUT2D eigenvalue weighted by atomic mass is 10.2. The van der Waals surface area contributed by atoms with E-state index in [0.29, 0.717) is 5.75 Å². The van der Waals surface area contributed by atoms with Crippen LogP contribution in [0.5, 0.6) is 11.5 Å². The molecular formula is C9H7FO2S. The van der Waals surface area contributed by atoms with Gasteiger partial charge in [-0.2, -0.15) is 0 Å². The number of phenols is 1. The third kappa shape index (κ3) is 1.14. The van der Waals surface area contributed by atoms with E-state index < -0.39 is 5.82 Å². The van der Waals surface area contributed by atoms with Crippen molar-refractivity contribution in [2.24, 2.45) is 0 Å². The Morgan fingerprint density at radius 2 is 2.23 bits per heavy atom. The molecule has 0 radical (unpaired) electrons. The molecule has 13 heavy (non-hydrogen) atoms. The summed E-state index contributed by atoms with van der Waals surface area (Å²) in [5, 5.41) is 11.2. The van der Waals surface area contributed by atoms with Crippen LogP contribution >= 0.6 is 11.3 Å². The lowest BCUT2D eigenvalue weighted by molar-refractivity contribution is 0.376. The van der Waals surface area contributed by atoms with Gasteiger partial charge in [-0.05, 0) is 12.1 Å². The minimum Gasteiger partial charge on any atom is -0.504 e. The van der Waals surface area contributed by atoms with E-state index in [1.807, 2.05) is 0 Å². The fourth-order valence-electron chi connectivity index (χ4n) is 1.22. The van der Waals surface area contributed by atoms with Crippen molar-refractivity contribution in [3.05, 3.63) is 23.3 Å². The summed E-state index contributed by atoms with van der Waals surface area (Å²) in [6, 6.07) is 3.34. The van der Waals surface area contributed by atoms with Crippen molar-refractivity contribution in [3.63, 3.8) is 0 Å². The second kappa shape index (κ2) is 2.88. The number of rotatable bonds is 1. The fraction of sp³-hybridized carbons (Fsp3) is 0.111. The van der Waals surface area contributed by atoms with Crippen molar-refractivity contribution < 1.29 is 14.2 Å². The lowest BCUT2D eigenvalue weighted by Gasteiger charge is -2.03. The molecule has 0 spiro atoms. The summed E-state index contributed by atoms with van der Waals surface area (Å²) in [4.78, 5) is 0. The van der Waals surface area contributed by atoms with Crippen LogP contribution in [0.2, 0.25) is 0 Å². The maximum Gasteiger partial charge on any atom is 0.169 e. The lowest BCUT2D eigenvalue weighted by Crippen LogP contribution is -1.83. The van der Waals surface area contributed by atoms with Crippen LogP contribution in [0.15, 0.2) is 17.5 Å². The third-order valence-corrected chi connectivity index (χ3v) is 2.77. The second-order valence-electron chi connectivity index (χ2n) is 2.57. The molecule has 0 bridgehead atoms. The largest absolute Gasteiger partial charge is 0.504 e. The van der Waals surface area contributed by atoms with Gasteiger partial charge in [0.2, 0.25) is 0 Å². The molecular weight excluding hydrogens is 191 g/mol. The quantitative estimate of drug-likeness (QED) is 0.763. The fourth-order valence-corrected chi connectivity index (χ4v) is 2.03. The Balaban J connectivity index is 2.83. The molecule has 2 nitrogen and oxygen atoms in total. The molecule has 1 aromatic carbocycles. The molecule has 0 amide bonds. The second-order valence-corrected chi connectivity index (χ2v) is 3.48. The molecule has 1 heterocycles. The van der Waals surface area contributed by atoms with Crippen LogP contribution in [-0.4, -0.2) is 12.2 Å². The Hall–Kier alpha value is -1.29. The minimum absolute atomic E-state index is 0.126. The van der Waals surface area contributed by atoms with Crippen molar-refractivity contribution in [3.8, 4) is 11.5 Å². The summed E-state index contributed by atoms with van der Waals surface area (Å²) < 4.78 is 18.7. The zero-order valence-corrected chi connectivity index (χ0v) is 7.69. The van der Waals surface area contributed by atoms with E-state index >= 15 is 0 Å². The van der Waals surface area contributed by atoms with E-state index in [1.54, 1.807) is 12.1 Å². The van der Waals surface area contributed by atoms with Crippen LogP contribution in [0.3, 0.4) is 0 Å². The molecule has 0 aliphatic carbocycles. The zero-order chi connectivity index (χ0) is 9.42. The van der Waals surface area contributed by atoms with Crippen molar-refractivity contribution in [2.75, 3.05) is 7.11 Å². The van der Waals surface area contributed by atoms with E-state index in [1.165, 1.54) is 23.8 Å². The molecule has 0 aliphatic rings. The third-order valence-electron chi connectivity index (χ3n) is 1.85. The van der Waals surface area contributed by atoms with Gasteiger partial charge in [0, 0.05) is 10.1 Å². The number of phenolic OH excluding ortho intramolecular Hbond substituents is 1.